The van der Waals surface area contributed by atoms with Gasteiger partial charge in [-0.3, -0.25) is 0 Å². The molecule has 0 saturated carbocycles. The number of rotatable bonds is 5. The third kappa shape index (κ3) is 2.74. The number of ether oxygens (including phenoxy) is 1. The Labute approximate surface area is 88.4 Å². The number of hydrogen-bond acceptors (Lipinski definition) is 6. The van der Waals surface area contributed by atoms with Crippen molar-refractivity contribution in [1.29, 1.82) is 0 Å². The van der Waals surface area contributed by atoms with Crippen LogP contribution in [-0.4, -0.2) is 28.5 Å². The van der Waals surface area contributed by atoms with Crippen molar-refractivity contribution in [3.05, 3.63) is 11.7 Å². The van der Waals surface area contributed by atoms with E-state index in [0.717, 1.165) is 0 Å². The zero-order chi connectivity index (χ0) is 11.5. The van der Waals surface area contributed by atoms with Gasteiger partial charge in [0, 0.05) is 6.61 Å². The maximum absolute atomic E-state index is 8.82. The summed E-state index contributed by atoms with van der Waals surface area (Å²) in [4.78, 5) is 4.08. The van der Waals surface area contributed by atoms with E-state index in [4.69, 9.17) is 20.1 Å². The third-order valence-electron chi connectivity index (χ3n) is 2.00. The molecule has 1 atom stereocenters. The van der Waals surface area contributed by atoms with Crippen LogP contribution in [0.15, 0.2) is 4.52 Å². The van der Waals surface area contributed by atoms with Crippen LogP contribution in [0.5, 0.6) is 0 Å². The Hall–Kier alpha value is -0.980. The Balaban J connectivity index is 2.83. The molecule has 1 rings (SSSR count). The summed E-state index contributed by atoms with van der Waals surface area (Å²) in [6, 6.07) is -0.635. The van der Waals surface area contributed by atoms with Crippen LogP contribution in [0.4, 0.5) is 0 Å². The largest absolute Gasteiger partial charge is 0.394 e. The second kappa shape index (κ2) is 4.69. The highest BCUT2D eigenvalue weighted by Gasteiger charge is 2.28. The van der Waals surface area contributed by atoms with Crippen LogP contribution in [0.1, 0.15) is 38.5 Å². The van der Waals surface area contributed by atoms with Gasteiger partial charge in [0.2, 0.25) is 11.7 Å². The van der Waals surface area contributed by atoms with E-state index in [9.17, 15) is 0 Å². The molecule has 86 valence electrons. The predicted molar refractivity (Wildman–Crippen MR) is 53.0 cm³/mol. The summed E-state index contributed by atoms with van der Waals surface area (Å²) in [5.74, 6) is 0.656. The van der Waals surface area contributed by atoms with Gasteiger partial charge in [-0.1, -0.05) is 5.16 Å². The molecule has 6 heteroatoms. The predicted octanol–water partition coefficient (Wildman–Crippen LogP) is 0.333. The normalized spacial score (nSPS) is 14.2. The van der Waals surface area contributed by atoms with E-state index in [2.05, 4.69) is 10.1 Å². The number of aliphatic hydroxyl groups is 1. The zero-order valence-corrected chi connectivity index (χ0v) is 9.23. The summed E-state index contributed by atoms with van der Waals surface area (Å²) in [6.07, 6.45) is 0. The Kier molecular flexibility index (Phi) is 3.78. The van der Waals surface area contributed by atoms with Crippen LogP contribution in [-0.2, 0) is 10.3 Å². The molecule has 15 heavy (non-hydrogen) atoms. The average molecular weight is 215 g/mol. The van der Waals surface area contributed by atoms with Crippen molar-refractivity contribution in [2.75, 3.05) is 13.2 Å². The molecule has 0 saturated heterocycles. The fraction of sp³-hybridized carbons (Fsp3) is 0.778. The molecule has 1 aromatic rings. The van der Waals surface area contributed by atoms with Gasteiger partial charge < -0.3 is 20.1 Å². The Morgan fingerprint density at radius 1 is 1.60 bits per heavy atom. The number of nitrogens with zero attached hydrogens (tertiary/aromatic N) is 2. The standard InChI is InChI=1S/C9H17N3O3/c1-4-14-9(2,3)8-11-7(15-12-8)6(10)5-13/h6,13H,4-5,10H2,1-3H3/t6-/m0/s1. The van der Waals surface area contributed by atoms with E-state index in [0.29, 0.717) is 12.4 Å². The van der Waals surface area contributed by atoms with Gasteiger partial charge in [-0.15, -0.1) is 0 Å². The van der Waals surface area contributed by atoms with Crippen LogP contribution >= 0.6 is 0 Å². The Morgan fingerprint density at radius 2 is 2.27 bits per heavy atom. The maximum Gasteiger partial charge on any atom is 0.246 e. The smallest absolute Gasteiger partial charge is 0.246 e. The SMILES string of the molecule is CCOC(C)(C)c1noc([C@@H](N)CO)n1. The van der Waals surface area contributed by atoms with Crippen molar-refractivity contribution in [3.63, 3.8) is 0 Å². The first-order valence-electron chi connectivity index (χ1n) is 4.85. The van der Waals surface area contributed by atoms with E-state index < -0.39 is 11.6 Å². The summed E-state index contributed by atoms with van der Waals surface area (Å²) >= 11 is 0. The highest BCUT2D eigenvalue weighted by atomic mass is 16.5. The van der Waals surface area contributed by atoms with Gasteiger partial charge in [-0.25, -0.2) is 0 Å². The summed E-state index contributed by atoms with van der Waals surface area (Å²) in [6.45, 7) is 5.91. The molecule has 0 fully saturated rings. The van der Waals surface area contributed by atoms with Gasteiger partial charge in [-0.2, -0.15) is 4.98 Å². The van der Waals surface area contributed by atoms with Gasteiger partial charge in [0.05, 0.1) is 6.61 Å². The first-order valence-corrected chi connectivity index (χ1v) is 4.85. The van der Waals surface area contributed by atoms with E-state index in [1.807, 2.05) is 20.8 Å². The van der Waals surface area contributed by atoms with Crippen LogP contribution in [0.3, 0.4) is 0 Å². The first-order chi connectivity index (χ1) is 7.01. The van der Waals surface area contributed by atoms with Crippen LogP contribution in [0, 0.1) is 0 Å². The number of hydrogen-bond donors (Lipinski definition) is 2. The van der Waals surface area contributed by atoms with Crippen LogP contribution < -0.4 is 5.73 Å². The monoisotopic (exact) mass is 215 g/mol. The topological polar surface area (TPSA) is 94.4 Å². The lowest BCUT2D eigenvalue weighted by Gasteiger charge is -2.19. The molecular weight excluding hydrogens is 198 g/mol. The van der Waals surface area contributed by atoms with E-state index in [1.54, 1.807) is 0 Å². The molecule has 1 aromatic heterocycles. The molecule has 0 amide bonds. The highest BCUT2D eigenvalue weighted by molar-refractivity contribution is 4.99. The quantitative estimate of drug-likeness (QED) is 0.735. The number of nitrogens with two attached hydrogens (primary N) is 1. The average Bonchev–Trinajstić information content (AvgIpc) is 2.66. The van der Waals surface area contributed by atoms with Crippen LogP contribution in [0.25, 0.3) is 0 Å². The van der Waals surface area contributed by atoms with E-state index in [-0.39, 0.29) is 12.5 Å². The summed E-state index contributed by atoms with van der Waals surface area (Å²) in [5, 5.41) is 12.6. The minimum Gasteiger partial charge on any atom is -0.394 e. The van der Waals surface area contributed by atoms with Gasteiger partial charge in [0.25, 0.3) is 0 Å². The van der Waals surface area contributed by atoms with Crippen molar-refractivity contribution in [3.8, 4) is 0 Å². The highest BCUT2D eigenvalue weighted by Crippen LogP contribution is 2.22. The van der Waals surface area contributed by atoms with Crippen LogP contribution in [0.2, 0.25) is 0 Å². The zero-order valence-electron chi connectivity index (χ0n) is 9.23. The second-order valence-corrected chi connectivity index (χ2v) is 3.69. The Morgan fingerprint density at radius 3 is 2.80 bits per heavy atom. The van der Waals surface area contributed by atoms with Crippen molar-refractivity contribution >= 4 is 0 Å². The second-order valence-electron chi connectivity index (χ2n) is 3.69. The minimum atomic E-state index is -0.635. The van der Waals surface area contributed by atoms with Crippen molar-refractivity contribution in [1.82, 2.24) is 10.1 Å². The maximum atomic E-state index is 8.82. The molecule has 0 aliphatic carbocycles. The molecule has 3 N–H and O–H groups in total. The molecule has 1 heterocycles. The molecule has 0 aromatic carbocycles. The summed E-state index contributed by atoms with van der Waals surface area (Å²) < 4.78 is 10.4. The van der Waals surface area contributed by atoms with Gasteiger partial charge in [-0.05, 0) is 20.8 Å². The molecule has 6 nitrogen and oxygen atoms in total. The first kappa shape index (κ1) is 12.1. The molecule has 0 aliphatic heterocycles. The third-order valence-corrected chi connectivity index (χ3v) is 2.00. The summed E-state index contributed by atoms with van der Waals surface area (Å²) in [5.41, 5.74) is 4.93. The fourth-order valence-electron chi connectivity index (χ4n) is 1.13. The van der Waals surface area contributed by atoms with Crippen molar-refractivity contribution in [2.45, 2.75) is 32.4 Å². The Bertz CT molecular complexity index is 311. The van der Waals surface area contributed by atoms with Crippen molar-refractivity contribution in [2.24, 2.45) is 5.73 Å². The fourth-order valence-corrected chi connectivity index (χ4v) is 1.13. The number of aromatic nitrogens is 2. The van der Waals surface area contributed by atoms with Crippen molar-refractivity contribution < 1.29 is 14.4 Å². The lowest BCUT2D eigenvalue weighted by atomic mass is 10.1. The molecular formula is C9H17N3O3. The van der Waals surface area contributed by atoms with Gasteiger partial charge in [0.1, 0.15) is 11.6 Å². The lowest BCUT2D eigenvalue weighted by Crippen LogP contribution is -2.23. The molecule has 0 radical (unpaired) electrons. The van der Waals surface area contributed by atoms with E-state index in [1.165, 1.54) is 0 Å². The number of aliphatic hydroxyl groups excluding tert-OH is 1. The molecule has 0 spiro atoms. The minimum absolute atomic E-state index is 0.222. The van der Waals surface area contributed by atoms with Gasteiger partial charge >= 0.3 is 0 Å². The van der Waals surface area contributed by atoms with Gasteiger partial charge in [0.15, 0.2) is 0 Å². The molecule has 0 aliphatic rings. The lowest BCUT2D eigenvalue weighted by molar-refractivity contribution is -0.0221. The molecule has 0 bridgehead atoms. The van der Waals surface area contributed by atoms with E-state index >= 15 is 0 Å². The molecule has 0 unspecified atom stereocenters. The summed E-state index contributed by atoms with van der Waals surface area (Å²) in [7, 11) is 0.